The van der Waals surface area contributed by atoms with Crippen LogP contribution in [0.4, 0.5) is 0 Å². The van der Waals surface area contributed by atoms with E-state index in [0.717, 1.165) is 19.3 Å². The van der Waals surface area contributed by atoms with E-state index in [9.17, 15) is 9.59 Å². The number of rotatable bonds is 9. The van der Waals surface area contributed by atoms with Gasteiger partial charge in [0.1, 0.15) is 13.2 Å². The largest absolute Gasteiger partial charge is 0.459 e. The molecule has 0 saturated carbocycles. The van der Waals surface area contributed by atoms with Gasteiger partial charge in [-0.1, -0.05) is 32.9 Å². The number of carbonyl (C=O) groups excluding carboxylic acids is 2. The third kappa shape index (κ3) is 16.4. The van der Waals surface area contributed by atoms with E-state index >= 15 is 0 Å². The first-order valence-corrected chi connectivity index (χ1v) is 7.23. The third-order valence-electron chi connectivity index (χ3n) is 2.31. The summed E-state index contributed by atoms with van der Waals surface area (Å²) in [5, 5.41) is 16.7. The first kappa shape index (κ1) is 22.6. The smallest absolute Gasteiger partial charge is 0.333 e. The number of carbonyl (C=O) groups is 2. The van der Waals surface area contributed by atoms with Crippen LogP contribution in [0.25, 0.3) is 0 Å². The Morgan fingerprint density at radius 2 is 1.36 bits per heavy atom. The molecule has 0 aromatic carbocycles. The summed E-state index contributed by atoms with van der Waals surface area (Å²) >= 11 is 0. The Hall–Kier alpha value is -1.66. The second kappa shape index (κ2) is 14.3. The zero-order valence-electron chi connectivity index (χ0n) is 13.8. The summed E-state index contributed by atoms with van der Waals surface area (Å²) in [6, 6.07) is 0. The van der Waals surface area contributed by atoms with Crippen LogP contribution in [0.2, 0.25) is 0 Å². The molecule has 0 bridgehead atoms. The molecular weight excluding hydrogens is 288 g/mol. The lowest BCUT2D eigenvalue weighted by Crippen LogP contribution is -2.14. The Labute approximate surface area is 132 Å². The maximum Gasteiger partial charge on any atom is 0.333 e. The summed E-state index contributed by atoms with van der Waals surface area (Å²) in [5.74, 6) is -0.979. The van der Waals surface area contributed by atoms with Crippen molar-refractivity contribution in [1.82, 2.24) is 0 Å². The van der Waals surface area contributed by atoms with Gasteiger partial charge in [0.25, 0.3) is 0 Å². The van der Waals surface area contributed by atoms with Crippen molar-refractivity contribution in [2.45, 2.75) is 52.7 Å². The monoisotopic (exact) mass is 316 g/mol. The lowest BCUT2D eigenvalue weighted by molar-refractivity contribution is -0.147. The van der Waals surface area contributed by atoms with Crippen LogP contribution in [0.1, 0.15) is 46.5 Å². The number of aliphatic hydroxyl groups is 2. The highest BCUT2D eigenvalue weighted by atomic mass is 16.6. The van der Waals surface area contributed by atoms with E-state index in [2.05, 4.69) is 29.6 Å². The van der Waals surface area contributed by atoms with Crippen LogP contribution in [0, 0.1) is 0 Å². The normalized spacial score (nSPS) is 9.55. The van der Waals surface area contributed by atoms with Crippen molar-refractivity contribution >= 4 is 11.9 Å². The van der Waals surface area contributed by atoms with E-state index in [4.69, 9.17) is 10.2 Å². The fourth-order valence-electron chi connectivity index (χ4n) is 1.09. The molecule has 6 nitrogen and oxygen atoms in total. The van der Waals surface area contributed by atoms with E-state index in [1.165, 1.54) is 0 Å². The van der Waals surface area contributed by atoms with E-state index in [-0.39, 0.29) is 13.2 Å². The highest BCUT2D eigenvalue weighted by Crippen LogP contribution is 2.00. The first-order chi connectivity index (χ1) is 10.2. The summed E-state index contributed by atoms with van der Waals surface area (Å²) in [7, 11) is 0. The van der Waals surface area contributed by atoms with Crippen LogP contribution >= 0.6 is 0 Å². The quantitative estimate of drug-likeness (QED) is 0.293. The fraction of sp³-hybridized carbons (Fsp3) is 0.625. The molecule has 128 valence electrons. The molecule has 0 rings (SSSR count). The molecule has 0 aliphatic carbocycles. The van der Waals surface area contributed by atoms with Gasteiger partial charge in [0.2, 0.25) is 0 Å². The van der Waals surface area contributed by atoms with E-state index < -0.39 is 18.2 Å². The van der Waals surface area contributed by atoms with Crippen molar-refractivity contribution in [3.05, 3.63) is 24.3 Å². The minimum absolute atomic E-state index is 0.0325. The van der Waals surface area contributed by atoms with Gasteiger partial charge in [0.05, 0.1) is 0 Å². The maximum atomic E-state index is 10.8. The molecule has 0 aliphatic heterocycles. The van der Waals surface area contributed by atoms with Crippen molar-refractivity contribution in [2.75, 3.05) is 13.2 Å². The van der Waals surface area contributed by atoms with Crippen LogP contribution in [0.15, 0.2) is 24.3 Å². The Morgan fingerprint density at radius 1 is 0.955 bits per heavy atom. The standard InChI is InChI=1S/C10H14O4.C6H14O2/c1-7(2)9(11)13-5-6-14-10(12)8(3)4;1-2-3-4-5-6(7)8/h1,3,5-6H2,2,4H3;6-8H,2-5H2,1H3. The molecule has 0 spiro atoms. The Balaban J connectivity index is 0. The van der Waals surface area contributed by atoms with Gasteiger partial charge in [0.15, 0.2) is 6.29 Å². The fourth-order valence-corrected chi connectivity index (χ4v) is 1.09. The second-order valence-electron chi connectivity index (χ2n) is 4.81. The van der Waals surface area contributed by atoms with Gasteiger partial charge in [-0.25, -0.2) is 9.59 Å². The van der Waals surface area contributed by atoms with Crippen molar-refractivity contribution < 1.29 is 29.3 Å². The first-order valence-electron chi connectivity index (χ1n) is 7.23. The highest BCUT2D eigenvalue weighted by Gasteiger charge is 2.05. The summed E-state index contributed by atoms with van der Waals surface area (Å²) in [5.41, 5.74) is 0.632. The van der Waals surface area contributed by atoms with Gasteiger partial charge in [-0.3, -0.25) is 0 Å². The number of esters is 2. The molecule has 6 heteroatoms. The molecule has 0 atom stereocenters. The zero-order valence-corrected chi connectivity index (χ0v) is 13.8. The molecule has 0 aromatic rings. The average Bonchev–Trinajstić information content (AvgIpc) is 2.43. The van der Waals surface area contributed by atoms with Crippen molar-refractivity contribution in [1.29, 1.82) is 0 Å². The molecule has 0 radical (unpaired) electrons. The predicted octanol–water partition coefficient (Wildman–Crippen LogP) is 2.10. The van der Waals surface area contributed by atoms with Gasteiger partial charge in [-0.05, 0) is 26.7 Å². The Morgan fingerprint density at radius 3 is 1.64 bits per heavy atom. The van der Waals surface area contributed by atoms with Crippen molar-refractivity contribution in [3.8, 4) is 0 Å². The molecule has 0 heterocycles. The molecule has 0 aromatic heterocycles. The number of hydrogen-bond acceptors (Lipinski definition) is 6. The van der Waals surface area contributed by atoms with E-state index in [1.54, 1.807) is 13.8 Å². The van der Waals surface area contributed by atoms with Gasteiger partial charge >= 0.3 is 11.9 Å². The highest BCUT2D eigenvalue weighted by molar-refractivity contribution is 5.87. The van der Waals surface area contributed by atoms with Crippen molar-refractivity contribution in [3.63, 3.8) is 0 Å². The van der Waals surface area contributed by atoms with Gasteiger partial charge in [-0.2, -0.15) is 0 Å². The molecular formula is C16H28O6. The average molecular weight is 316 g/mol. The summed E-state index contributed by atoms with van der Waals surface area (Å²) in [6.07, 6.45) is 2.58. The van der Waals surface area contributed by atoms with Gasteiger partial charge in [0, 0.05) is 11.1 Å². The van der Waals surface area contributed by atoms with E-state index in [0.29, 0.717) is 17.6 Å². The van der Waals surface area contributed by atoms with E-state index in [1.807, 2.05) is 0 Å². The lowest BCUT2D eigenvalue weighted by atomic mass is 10.2. The van der Waals surface area contributed by atoms with Crippen LogP contribution in [0.3, 0.4) is 0 Å². The number of ether oxygens (including phenoxy) is 2. The van der Waals surface area contributed by atoms with Crippen LogP contribution in [-0.4, -0.2) is 41.7 Å². The molecule has 22 heavy (non-hydrogen) atoms. The van der Waals surface area contributed by atoms with Crippen molar-refractivity contribution in [2.24, 2.45) is 0 Å². The molecule has 2 N–H and O–H groups in total. The number of unbranched alkanes of at least 4 members (excludes halogenated alkanes) is 2. The van der Waals surface area contributed by atoms with Crippen LogP contribution in [-0.2, 0) is 19.1 Å². The predicted molar refractivity (Wildman–Crippen MR) is 83.9 cm³/mol. The summed E-state index contributed by atoms with van der Waals surface area (Å²) in [6.45, 7) is 12.0. The molecule has 0 amide bonds. The van der Waals surface area contributed by atoms with Gasteiger partial charge in [-0.15, -0.1) is 0 Å². The summed E-state index contributed by atoms with van der Waals surface area (Å²) < 4.78 is 9.38. The molecule has 0 fully saturated rings. The lowest BCUT2D eigenvalue weighted by Gasteiger charge is -2.05. The SMILES string of the molecule is C=C(C)C(=O)OCCOC(=O)C(=C)C.CCCCCC(O)O. The van der Waals surface area contributed by atoms with Crippen LogP contribution in [0.5, 0.6) is 0 Å². The molecule has 0 aliphatic rings. The number of aliphatic hydroxyl groups excluding tert-OH is 1. The summed E-state index contributed by atoms with van der Waals surface area (Å²) in [4.78, 5) is 21.7. The molecule has 0 saturated heterocycles. The third-order valence-corrected chi connectivity index (χ3v) is 2.31. The topological polar surface area (TPSA) is 93.1 Å². The number of hydrogen-bond donors (Lipinski definition) is 2. The molecule has 0 unspecified atom stereocenters. The second-order valence-corrected chi connectivity index (χ2v) is 4.81. The Kier molecular flexibility index (Phi) is 14.7. The maximum absolute atomic E-state index is 10.8. The Bertz CT molecular complexity index is 332. The van der Waals surface area contributed by atoms with Gasteiger partial charge < -0.3 is 19.7 Å². The minimum atomic E-state index is -1.10. The minimum Gasteiger partial charge on any atom is -0.459 e. The zero-order chi connectivity index (χ0) is 17.5. The van der Waals surface area contributed by atoms with Crippen LogP contribution < -0.4 is 0 Å².